The number of pyridine rings is 1. The van der Waals surface area contributed by atoms with E-state index in [4.69, 9.17) is 24.4 Å². The summed E-state index contributed by atoms with van der Waals surface area (Å²) in [6.07, 6.45) is 16.0. The van der Waals surface area contributed by atoms with Gasteiger partial charge in [0, 0.05) is 35.8 Å². The first-order valence-corrected chi connectivity index (χ1v) is 22.5. The van der Waals surface area contributed by atoms with Gasteiger partial charge in [-0.15, -0.1) is 0 Å². The number of aromatic amines is 2. The van der Waals surface area contributed by atoms with E-state index in [-0.39, 0.29) is 35.7 Å². The van der Waals surface area contributed by atoms with E-state index >= 15 is 0 Å². The molecule has 4 N–H and O–H groups in total. The van der Waals surface area contributed by atoms with Crippen molar-refractivity contribution in [2.45, 2.75) is 114 Å². The van der Waals surface area contributed by atoms with Gasteiger partial charge in [0.25, 0.3) is 0 Å². The van der Waals surface area contributed by atoms with Crippen LogP contribution >= 0.6 is 0 Å². The molecule has 2 saturated carbocycles. The first-order valence-electron chi connectivity index (χ1n) is 22.5. The Hall–Kier alpha value is -5.99. The van der Waals surface area contributed by atoms with Crippen LogP contribution in [0.2, 0.25) is 0 Å². The predicted octanol–water partition coefficient (Wildman–Crippen LogP) is 8.11. The zero-order chi connectivity index (χ0) is 42.7. The van der Waals surface area contributed by atoms with Gasteiger partial charge in [-0.1, -0.05) is 56.7 Å². The molecule has 4 amide bonds. The van der Waals surface area contributed by atoms with Gasteiger partial charge in [0.2, 0.25) is 11.8 Å². The fourth-order valence-corrected chi connectivity index (χ4v) is 10.5. The highest BCUT2D eigenvalue weighted by Crippen LogP contribution is 2.38. The maximum absolute atomic E-state index is 14.1. The van der Waals surface area contributed by atoms with Crippen LogP contribution in [0.5, 0.6) is 0 Å². The summed E-state index contributed by atoms with van der Waals surface area (Å²) in [5.41, 5.74) is 5.27. The van der Waals surface area contributed by atoms with Crippen molar-refractivity contribution in [2.24, 2.45) is 11.8 Å². The molecule has 15 nitrogen and oxygen atoms in total. The van der Waals surface area contributed by atoms with E-state index in [1.54, 1.807) is 0 Å². The maximum atomic E-state index is 14.1. The molecule has 4 aliphatic rings. The average molecular weight is 844 g/mol. The number of likely N-dealkylation sites (tertiary alicyclic amines) is 2. The first-order chi connectivity index (χ1) is 30.3. The lowest BCUT2D eigenvalue weighted by Crippen LogP contribution is -2.52. The highest BCUT2D eigenvalue weighted by Gasteiger charge is 2.41. The second-order valence-corrected chi connectivity index (χ2v) is 17.6. The van der Waals surface area contributed by atoms with Crippen LogP contribution in [0.4, 0.5) is 9.59 Å². The van der Waals surface area contributed by atoms with Crippen LogP contribution in [-0.2, 0) is 19.1 Å². The van der Waals surface area contributed by atoms with Gasteiger partial charge in [0.05, 0.1) is 54.9 Å². The number of imidazole rings is 2. The lowest BCUT2D eigenvalue weighted by atomic mass is 9.83. The molecule has 62 heavy (non-hydrogen) atoms. The SMILES string of the molecule is COC(=O)N[C@H](C(=O)N1CCC[C@H]1c1ncc(-c2ccc3cc(-c4ccc5nc([C@@H]6CCCN6C(=O)[C@@H](NC(=O)OC)C6CCCCC6)[nH]c5c4)ncc3c2)[nH]1)C1CCCCC1. The van der Waals surface area contributed by atoms with E-state index in [1.807, 2.05) is 34.3 Å². The van der Waals surface area contributed by atoms with E-state index in [0.29, 0.717) is 13.1 Å². The summed E-state index contributed by atoms with van der Waals surface area (Å²) < 4.78 is 9.83. The molecular weight excluding hydrogens is 787 g/mol. The van der Waals surface area contributed by atoms with Crippen molar-refractivity contribution < 1.29 is 28.7 Å². The van der Waals surface area contributed by atoms with Gasteiger partial charge in [0.15, 0.2) is 0 Å². The Kier molecular flexibility index (Phi) is 12.1. The van der Waals surface area contributed by atoms with Crippen LogP contribution in [0.1, 0.15) is 114 Å². The van der Waals surface area contributed by atoms with Gasteiger partial charge >= 0.3 is 12.2 Å². The van der Waals surface area contributed by atoms with E-state index in [9.17, 15) is 19.2 Å². The van der Waals surface area contributed by atoms with Gasteiger partial charge in [-0.2, -0.15) is 0 Å². The van der Waals surface area contributed by atoms with Gasteiger partial charge < -0.3 is 39.9 Å². The molecule has 2 aromatic carbocycles. The maximum Gasteiger partial charge on any atom is 0.407 e. The number of nitrogens with zero attached hydrogens (tertiary/aromatic N) is 5. The Balaban J connectivity index is 0.900. The number of alkyl carbamates (subject to hydrolysis) is 2. The van der Waals surface area contributed by atoms with Crippen molar-refractivity contribution in [2.75, 3.05) is 27.3 Å². The topological polar surface area (TPSA) is 188 Å². The van der Waals surface area contributed by atoms with E-state index in [1.165, 1.54) is 14.2 Å². The first kappa shape index (κ1) is 41.4. The summed E-state index contributed by atoms with van der Waals surface area (Å²) in [4.78, 5) is 78.3. The van der Waals surface area contributed by atoms with Crippen LogP contribution in [-0.4, -0.2) is 98.1 Å². The molecule has 2 aliphatic carbocycles. The molecule has 0 radical (unpaired) electrons. The number of methoxy groups -OCH3 is 2. The van der Waals surface area contributed by atoms with Gasteiger partial charge in [0.1, 0.15) is 23.7 Å². The third-order valence-electron chi connectivity index (χ3n) is 13.8. The zero-order valence-electron chi connectivity index (χ0n) is 35.7. The minimum absolute atomic E-state index is 0.0658. The number of rotatable bonds is 10. The smallest absolute Gasteiger partial charge is 0.407 e. The molecule has 4 atom stereocenters. The number of ether oxygens (including phenoxy) is 2. The number of hydrogen-bond donors (Lipinski definition) is 4. The van der Waals surface area contributed by atoms with Crippen LogP contribution in [0.25, 0.3) is 44.3 Å². The third kappa shape index (κ3) is 8.45. The van der Waals surface area contributed by atoms with Crippen molar-refractivity contribution in [1.29, 1.82) is 0 Å². The quantitative estimate of drug-likeness (QED) is 0.108. The zero-order valence-corrected chi connectivity index (χ0v) is 35.7. The normalized spacial score (nSPS) is 20.9. The number of amides is 4. The summed E-state index contributed by atoms with van der Waals surface area (Å²) in [7, 11) is 2.66. The number of hydrogen-bond acceptors (Lipinski definition) is 9. The lowest BCUT2D eigenvalue weighted by molar-refractivity contribution is -0.136. The molecule has 0 bridgehead atoms. The van der Waals surface area contributed by atoms with E-state index in [0.717, 1.165) is 146 Å². The average Bonchev–Trinajstić information content (AvgIpc) is 4.16. The minimum atomic E-state index is -0.616. The van der Waals surface area contributed by atoms with Crippen molar-refractivity contribution in [3.8, 4) is 22.5 Å². The second-order valence-electron chi connectivity index (χ2n) is 17.6. The summed E-state index contributed by atoms with van der Waals surface area (Å²) in [6.45, 7) is 1.23. The fourth-order valence-electron chi connectivity index (χ4n) is 10.5. The van der Waals surface area contributed by atoms with Crippen LogP contribution in [0.15, 0.2) is 54.9 Å². The standard InChI is InChI=1S/C47H57N9O6/c1-61-46(59)53-40(28-11-5-3-6-12-28)44(57)55-21-9-15-38(55)42-49-27-37(52-42)31-18-17-30-24-35(48-26-33(30)23-31)32-19-20-34-36(25-32)51-43(50-34)39-16-10-22-56(39)45(58)41(54-47(60)62-2)29-13-7-4-8-14-29/h17-20,23-29,38-41H,3-16,21-22H2,1-2H3,(H,49,52)(H,50,51)(H,53,59)(H,54,60)/t38-,39-,40-,41-/m0/s1. The van der Waals surface area contributed by atoms with Crippen LogP contribution < -0.4 is 10.6 Å². The van der Waals surface area contributed by atoms with Gasteiger partial charge in [-0.3, -0.25) is 14.6 Å². The molecule has 15 heteroatoms. The molecule has 4 fully saturated rings. The summed E-state index contributed by atoms with van der Waals surface area (Å²) in [5, 5.41) is 7.77. The molecule has 326 valence electrons. The highest BCUT2D eigenvalue weighted by atomic mass is 16.5. The Bertz CT molecular complexity index is 2430. The number of H-pyrrole nitrogens is 2. The van der Waals surface area contributed by atoms with Crippen LogP contribution in [0, 0.1) is 11.8 Å². The van der Waals surface area contributed by atoms with Crippen LogP contribution in [0.3, 0.4) is 0 Å². The molecule has 5 aromatic rings. The summed E-state index contributed by atoms with van der Waals surface area (Å²) in [5.74, 6) is 1.53. The van der Waals surface area contributed by atoms with Crippen molar-refractivity contribution in [1.82, 2.24) is 45.4 Å². The van der Waals surface area contributed by atoms with E-state index in [2.05, 4.69) is 50.9 Å². The van der Waals surface area contributed by atoms with E-state index < -0.39 is 24.3 Å². The van der Waals surface area contributed by atoms with Crippen molar-refractivity contribution >= 4 is 45.8 Å². The second kappa shape index (κ2) is 18.2. The summed E-state index contributed by atoms with van der Waals surface area (Å²) >= 11 is 0. The molecule has 2 saturated heterocycles. The van der Waals surface area contributed by atoms with Gasteiger partial charge in [-0.05, 0) is 92.9 Å². The molecule has 0 unspecified atom stereocenters. The molecule has 3 aromatic heterocycles. The Morgan fingerprint density at radius 3 is 1.84 bits per heavy atom. The van der Waals surface area contributed by atoms with Crippen molar-refractivity contribution in [3.63, 3.8) is 0 Å². The van der Waals surface area contributed by atoms with Crippen molar-refractivity contribution in [3.05, 3.63) is 66.5 Å². The molecular formula is C47H57N9O6. The molecule has 0 spiro atoms. The largest absolute Gasteiger partial charge is 0.453 e. The number of benzene rings is 2. The van der Waals surface area contributed by atoms with Gasteiger partial charge in [-0.25, -0.2) is 19.6 Å². The number of fused-ring (bicyclic) bond motifs is 2. The monoisotopic (exact) mass is 843 g/mol. The highest BCUT2D eigenvalue weighted by molar-refractivity contribution is 5.91. The summed E-state index contributed by atoms with van der Waals surface area (Å²) in [6, 6.07) is 12.8. The molecule has 9 rings (SSSR count). The Morgan fingerprint density at radius 1 is 0.629 bits per heavy atom. The number of carbonyl (C=O) groups excluding carboxylic acids is 4. The lowest BCUT2D eigenvalue weighted by Gasteiger charge is -2.34. The molecule has 2 aliphatic heterocycles. The number of carbonyl (C=O) groups is 4. The Morgan fingerprint density at radius 2 is 1.23 bits per heavy atom. The fraction of sp³-hybridized carbons (Fsp3) is 0.511. The third-order valence-corrected chi connectivity index (χ3v) is 13.8. The minimum Gasteiger partial charge on any atom is -0.453 e. The Labute approximate surface area is 361 Å². The number of nitrogens with one attached hydrogen (secondary N) is 4. The molecule has 5 heterocycles. The number of aromatic nitrogens is 5. The predicted molar refractivity (Wildman–Crippen MR) is 234 cm³/mol.